The average molecular weight is 649 g/mol. The van der Waals surface area contributed by atoms with E-state index in [1.165, 1.54) is 12.7 Å². The van der Waals surface area contributed by atoms with Crippen LogP contribution in [0.25, 0.3) is 0 Å². The summed E-state index contributed by atoms with van der Waals surface area (Å²) in [6.07, 6.45) is 3.88. The Morgan fingerprint density at radius 1 is 0.935 bits per heavy atom. The van der Waals surface area contributed by atoms with Crippen LogP contribution in [0.5, 0.6) is 0 Å². The van der Waals surface area contributed by atoms with Crippen LogP contribution < -0.4 is 0 Å². The fourth-order valence-electron chi connectivity index (χ4n) is 12.2. The van der Waals surface area contributed by atoms with Crippen LogP contribution in [0.3, 0.4) is 0 Å². The summed E-state index contributed by atoms with van der Waals surface area (Å²) in [4.78, 5) is 26.0. The van der Waals surface area contributed by atoms with Crippen molar-refractivity contribution >= 4 is 11.9 Å². The molecule has 4 saturated carbocycles. The number of esters is 1. The number of ether oxygens (including phenoxy) is 3. The summed E-state index contributed by atoms with van der Waals surface area (Å²) in [5.41, 5.74) is -1.47. The zero-order valence-electron chi connectivity index (χ0n) is 28.5. The molecule has 1 saturated heterocycles. The van der Waals surface area contributed by atoms with Crippen molar-refractivity contribution in [2.24, 2.45) is 50.2 Å². The fourth-order valence-corrected chi connectivity index (χ4v) is 12.2. The highest BCUT2D eigenvalue weighted by Crippen LogP contribution is 2.76. The highest BCUT2D eigenvalue weighted by Gasteiger charge is 2.70. The molecule has 0 spiro atoms. The van der Waals surface area contributed by atoms with Crippen molar-refractivity contribution in [3.63, 3.8) is 0 Å². The molecule has 0 bridgehead atoms. The number of carboxylic acids is 1. The Labute approximate surface area is 272 Å². The molecule has 10 nitrogen and oxygen atoms in total. The van der Waals surface area contributed by atoms with Crippen molar-refractivity contribution in [3.8, 4) is 0 Å². The van der Waals surface area contributed by atoms with E-state index in [-0.39, 0.29) is 47.3 Å². The lowest BCUT2D eigenvalue weighted by molar-refractivity contribution is -0.312. The highest BCUT2D eigenvalue weighted by atomic mass is 16.7. The van der Waals surface area contributed by atoms with Crippen LogP contribution in [-0.4, -0.2) is 88.5 Å². The molecule has 1 heterocycles. The molecule has 0 radical (unpaired) electrons. The van der Waals surface area contributed by atoms with Gasteiger partial charge in [-0.2, -0.15) is 0 Å². The summed E-state index contributed by atoms with van der Waals surface area (Å²) in [6.45, 7) is 10.9. The van der Waals surface area contributed by atoms with Gasteiger partial charge in [0.1, 0.15) is 18.3 Å². The van der Waals surface area contributed by atoms with E-state index in [1.54, 1.807) is 0 Å². The molecule has 0 aromatic carbocycles. The van der Waals surface area contributed by atoms with Crippen LogP contribution in [0, 0.1) is 50.2 Å². The molecule has 10 heteroatoms. The maximum atomic E-state index is 13.0. The number of hydrogen-bond acceptors (Lipinski definition) is 9. The largest absolute Gasteiger partial charge is 0.481 e. The van der Waals surface area contributed by atoms with Gasteiger partial charge in [0.05, 0.1) is 37.3 Å². The smallest absolute Gasteiger partial charge is 0.311 e. The van der Waals surface area contributed by atoms with Gasteiger partial charge in [0.25, 0.3) is 0 Å². The molecule has 5 fully saturated rings. The second-order valence-corrected chi connectivity index (χ2v) is 17.1. The van der Waals surface area contributed by atoms with Crippen molar-refractivity contribution in [3.05, 3.63) is 11.6 Å². The number of carbonyl (C=O) groups excluding carboxylic acids is 1. The van der Waals surface area contributed by atoms with Crippen LogP contribution in [0.15, 0.2) is 11.6 Å². The lowest BCUT2D eigenvalue weighted by Crippen LogP contribution is -2.66. The molecule has 0 aromatic rings. The van der Waals surface area contributed by atoms with E-state index in [4.69, 9.17) is 14.2 Å². The number of allylic oxidation sites excluding steroid dienone is 2. The lowest BCUT2D eigenvalue weighted by atomic mass is 9.33. The number of aliphatic hydroxyl groups is 4. The minimum absolute atomic E-state index is 0.0942. The first-order valence-electron chi connectivity index (χ1n) is 17.4. The van der Waals surface area contributed by atoms with E-state index in [0.29, 0.717) is 38.0 Å². The summed E-state index contributed by atoms with van der Waals surface area (Å²) in [7, 11) is 1.42. The number of hydrogen-bond donors (Lipinski definition) is 5. The quantitative estimate of drug-likeness (QED) is 0.168. The van der Waals surface area contributed by atoms with Crippen molar-refractivity contribution in [2.75, 3.05) is 20.3 Å². The molecule has 0 aromatic heterocycles. The third kappa shape index (κ3) is 4.49. The molecule has 5 aliphatic carbocycles. The Balaban J connectivity index is 1.33. The predicted octanol–water partition coefficient (Wildman–Crippen LogP) is 3.82. The maximum Gasteiger partial charge on any atom is 0.311 e. The third-order valence-electron chi connectivity index (χ3n) is 15.3. The van der Waals surface area contributed by atoms with E-state index >= 15 is 0 Å². The summed E-state index contributed by atoms with van der Waals surface area (Å²) in [5.74, 6) is -0.822. The molecule has 260 valence electrons. The van der Waals surface area contributed by atoms with Gasteiger partial charge in [-0.1, -0.05) is 39.3 Å². The highest BCUT2D eigenvalue weighted by molar-refractivity contribution is 5.80. The average Bonchev–Trinajstić information content (AvgIpc) is 3.02. The molecule has 0 amide bonds. The summed E-state index contributed by atoms with van der Waals surface area (Å²) < 4.78 is 17.2. The zero-order valence-corrected chi connectivity index (χ0v) is 28.5. The molecule has 6 rings (SSSR count). The summed E-state index contributed by atoms with van der Waals surface area (Å²) in [5, 5.41) is 52.5. The maximum absolute atomic E-state index is 13.0. The number of methoxy groups -OCH3 is 1. The number of carboxylic acid groups (broad SMARTS) is 1. The monoisotopic (exact) mass is 648 g/mol. The fraction of sp³-hybridized carbons (Fsp3) is 0.889. The Morgan fingerprint density at radius 2 is 1.63 bits per heavy atom. The van der Waals surface area contributed by atoms with Gasteiger partial charge in [-0.15, -0.1) is 0 Å². The van der Waals surface area contributed by atoms with Crippen molar-refractivity contribution in [1.29, 1.82) is 0 Å². The van der Waals surface area contributed by atoms with Crippen LogP contribution in [0.2, 0.25) is 0 Å². The Hall–Kier alpha value is -1.56. The molecule has 6 aliphatic rings. The van der Waals surface area contributed by atoms with Gasteiger partial charge in [-0.25, -0.2) is 0 Å². The van der Waals surface area contributed by atoms with E-state index in [9.17, 15) is 35.1 Å². The Kier molecular flexibility index (Phi) is 8.38. The van der Waals surface area contributed by atoms with Gasteiger partial charge >= 0.3 is 11.9 Å². The number of aliphatic carboxylic acids is 1. The van der Waals surface area contributed by atoms with Crippen LogP contribution in [0.4, 0.5) is 0 Å². The number of carbonyl (C=O) groups is 2. The predicted molar refractivity (Wildman–Crippen MR) is 167 cm³/mol. The number of rotatable bonds is 5. The second kappa shape index (κ2) is 11.2. The lowest BCUT2D eigenvalue weighted by Gasteiger charge is -2.71. The molecule has 14 atom stereocenters. The third-order valence-corrected chi connectivity index (χ3v) is 15.3. The SMILES string of the molecule is COC(=O)[C@@]1(C)CC[C@]2(C(=O)O)CC[C@]3(C)C(=CCC4[C@@]5(C)CC[C@H](O[C@@H]6OC[C@@H](O)[C@H](O)[C@H]6O)[C@@](C)(CO)C5CC[C@]43C)[C@@H]2C1. The van der Waals surface area contributed by atoms with Crippen molar-refractivity contribution in [2.45, 2.75) is 130 Å². The zero-order chi connectivity index (χ0) is 33.7. The molecule has 46 heavy (non-hydrogen) atoms. The Morgan fingerprint density at radius 3 is 2.28 bits per heavy atom. The van der Waals surface area contributed by atoms with Gasteiger partial charge in [0.15, 0.2) is 6.29 Å². The van der Waals surface area contributed by atoms with Crippen molar-refractivity contribution < 1.29 is 49.3 Å². The van der Waals surface area contributed by atoms with E-state index in [2.05, 4.69) is 33.8 Å². The van der Waals surface area contributed by atoms with Crippen LogP contribution in [0.1, 0.15) is 98.8 Å². The van der Waals surface area contributed by atoms with Gasteiger partial charge in [0, 0.05) is 5.41 Å². The second-order valence-electron chi connectivity index (χ2n) is 17.1. The molecular formula is C36H56O10. The normalized spacial score (nSPS) is 53.5. The Bertz CT molecular complexity index is 1270. The van der Waals surface area contributed by atoms with Crippen LogP contribution >= 0.6 is 0 Å². The molecular weight excluding hydrogens is 592 g/mol. The summed E-state index contributed by atoms with van der Waals surface area (Å²) >= 11 is 0. The van der Waals surface area contributed by atoms with E-state index in [1.807, 2.05) is 6.92 Å². The first-order valence-corrected chi connectivity index (χ1v) is 17.4. The van der Waals surface area contributed by atoms with Gasteiger partial charge in [-0.05, 0) is 105 Å². The molecule has 1 aliphatic heterocycles. The van der Waals surface area contributed by atoms with Crippen molar-refractivity contribution in [1.82, 2.24) is 0 Å². The van der Waals surface area contributed by atoms with E-state index < -0.39 is 52.9 Å². The van der Waals surface area contributed by atoms with Gasteiger partial charge in [-0.3, -0.25) is 9.59 Å². The van der Waals surface area contributed by atoms with Crippen LogP contribution in [-0.2, 0) is 23.8 Å². The number of aliphatic hydroxyl groups excluding tert-OH is 4. The van der Waals surface area contributed by atoms with Gasteiger partial charge in [0.2, 0.25) is 0 Å². The summed E-state index contributed by atoms with van der Waals surface area (Å²) in [6, 6.07) is 0. The van der Waals surface area contributed by atoms with E-state index in [0.717, 1.165) is 32.1 Å². The minimum Gasteiger partial charge on any atom is -0.481 e. The minimum atomic E-state index is -1.39. The first-order chi connectivity index (χ1) is 21.5. The first kappa shape index (κ1) is 34.3. The van der Waals surface area contributed by atoms with Gasteiger partial charge < -0.3 is 39.7 Å². The molecule has 5 N–H and O–H groups in total. The standard InChI is InChI=1S/C36H56O10/c1-31(30(43)44-6)13-15-36(29(41)42)16-14-34(4)20(21(36)17-31)7-8-24-32(2)11-10-25(46-28-27(40)26(39)22(38)18-45-28)33(3,19-37)23(32)9-12-35(24,34)5/h7,21-28,37-40H,8-19H2,1-6H3,(H,41,42)/t21-,22+,23?,24?,25-,26-,27+,28-,31-,32-,33-,34+,35+,36-/m0/s1. The number of fused-ring (bicyclic) bond motifs is 7. The topological polar surface area (TPSA) is 163 Å². The molecule has 2 unspecified atom stereocenters.